The molecule has 2 heterocycles. The van der Waals surface area contributed by atoms with E-state index in [-0.39, 0.29) is 6.61 Å². The van der Waals surface area contributed by atoms with E-state index >= 15 is 0 Å². The summed E-state index contributed by atoms with van der Waals surface area (Å²) >= 11 is 0. The number of aliphatic hydroxyl groups excluding tert-OH is 1. The van der Waals surface area contributed by atoms with E-state index in [4.69, 9.17) is 5.11 Å². The highest BCUT2D eigenvalue weighted by Crippen LogP contribution is 2.23. The fourth-order valence-corrected chi connectivity index (χ4v) is 3.05. The van der Waals surface area contributed by atoms with Crippen molar-refractivity contribution in [2.24, 2.45) is 0 Å². The maximum Gasteiger partial charge on any atom is 0.163 e. The van der Waals surface area contributed by atoms with E-state index in [0.29, 0.717) is 13.1 Å². The molecule has 7 nitrogen and oxygen atoms in total. The molecule has 0 saturated heterocycles. The molecule has 0 saturated carbocycles. The Balaban J connectivity index is 1.43. The minimum atomic E-state index is 0.0263. The maximum atomic E-state index is 9.10. The first-order valence-electron chi connectivity index (χ1n) is 8.60. The number of benzene rings is 2. The SMILES string of the molecule is OCCn1ncc2c(NCCNc3cccc4ccccc34)ncnc21. The topological polar surface area (TPSA) is 87.9 Å². The molecule has 4 rings (SSSR count). The Morgan fingerprint density at radius 1 is 0.923 bits per heavy atom. The van der Waals surface area contributed by atoms with E-state index in [9.17, 15) is 0 Å². The van der Waals surface area contributed by atoms with Gasteiger partial charge in [-0.05, 0) is 11.5 Å². The number of anilines is 2. The summed E-state index contributed by atoms with van der Waals surface area (Å²) in [6, 6.07) is 14.6. The molecule has 2 aromatic heterocycles. The first-order chi connectivity index (χ1) is 12.9. The summed E-state index contributed by atoms with van der Waals surface area (Å²) in [5.74, 6) is 0.749. The first-order valence-corrected chi connectivity index (χ1v) is 8.60. The first kappa shape index (κ1) is 16.3. The predicted octanol–water partition coefficient (Wildman–Crippen LogP) is 2.50. The van der Waals surface area contributed by atoms with Crippen LogP contribution in [0.4, 0.5) is 11.5 Å². The van der Waals surface area contributed by atoms with Crippen LogP contribution in [0.15, 0.2) is 55.0 Å². The van der Waals surface area contributed by atoms with Crippen LogP contribution < -0.4 is 10.6 Å². The van der Waals surface area contributed by atoms with E-state index in [1.807, 2.05) is 12.1 Å². The lowest BCUT2D eigenvalue weighted by molar-refractivity contribution is 0.271. The molecule has 0 bridgehead atoms. The van der Waals surface area contributed by atoms with Crippen LogP contribution in [0.1, 0.15) is 0 Å². The van der Waals surface area contributed by atoms with Crippen molar-refractivity contribution < 1.29 is 5.11 Å². The molecule has 3 N–H and O–H groups in total. The van der Waals surface area contributed by atoms with Crippen LogP contribution in [0.5, 0.6) is 0 Å². The molecule has 0 aliphatic carbocycles. The molecular formula is C19H20N6O. The molecule has 0 radical (unpaired) electrons. The summed E-state index contributed by atoms with van der Waals surface area (Å²) in [4.78, 5) is 8.56. The number of aromatic nitrogens is 4. The highest BCUT2D eigenvalue weighted by molar-refractivity contribution is 5.93. The second-order valence-corrected chi connectivity index (χ2v) is 5.93. The molecule has 26 heavy (non-hydrogen) atoms. The van der Waals surface area contributed by atoms with Gasteiger partial charge < -0.3 is 15.7 Å². The third-order valence-corrected chi connectivity index (χ3v) is 4.27. The molecule has 4 aromatic rings. The highest BCUT2D eigenvalue weighted by Gasteiger charge is 2.09. The van der Waals surface area contributed by atoms with Crippen molar-refractivity contribution in [3.05, 3.63) is 55.0 Å². The number of hydrogen-bond donors (Lipinski definition) is 3. The number of rotatable bonds is 7. The van der Waals surface area contributed by atoms with Crippen LogP contribution in [0.2, 0.25) is 0 Å². The predicted molar refractivity (Wildman–Crippen MR) is 103 cm³/mol. The quantitative estimate of drug-likeness (QED) is 0.445. The van der Waals surface area contributed by atoms with Gasteiger partial charge in [-0.3, -0.25) is 0 Å². The van der Waals surface area contributed by atoms with Crippen molar-refractivity contribution in [2.45, 2.75) is 6.54 Å². The molecule has 0 aliphatic rings. The Morgan fingerprint density at radius 2 is 1.77 bits per heavy atom. The number of hydrogen-bond acceptors (Lipinski definition) is 6. The zero-order chi connectivity index (χ0) is 17.8. The van der Waals surface area contributed by atoms with E-state index in [1.165, 1.54) is 17.1 Å². The van der Waals surface area contributed by atoms with Crippen LogP contribution in [0, 0.1) is 0 Å². The minimum Gasteiger partial charge on any atom is -0.394 e. The van der Waals surface area contributed by atoms with Gasteiger partial charge in [0.1, 0.15) is 12.1 Å². The van der Waals surface area contributed by atoms with Crippen molar-refractivity contribution in [1.82, 2.24) is 19.7 Å². The Bertz CT molecular complexity index is 1020. The lowest BCUT2D eigenvalue weighted by atomic mass is 10.1. The van der Waals surface area contributed by atoms with Crippen molar-refractivity contribution in [2.75, 3.05) is 30.3 Å². The molecule has 2 aromatic carbocycles. The summed E-state index contributed by atoms with van der Waals surface area (Å²) in [6.45, 7) is 1.91. The molecule has 132 valence electrons. The smallest absolute Gasteiger partial charge is 0.163 e. The van der Waals surface area contributed by atoms with Gasteiger partial charge in [0.15, 0.2) is 5.65 Å². The molecular weight excluding hydrogens is 328 g/mol. The second kappa shape index (κ2) is 7.37. The number of aliphatic hydroxyl groups is 1. The van der Waals surface area contributed by atoms with Crippen molar-refractivity contribution in [1.29, 1.82) is 0 Å². The van der Waals surface area contributed by atoms with Gasteiger partial charge in [0.25, 0.3) is 0 Å². The van der Waals surface area contributed by atoms with Crippen LogP contribution >= 0.6 is 0 Å². The van der Waals surface area contributed by atoms with Crippen molar-refractivity contribution in [3.63, 3.8) is 0 Å². The molecule has 0 spiro atoms. The number of nitrogens with one attached hydrogen (secondary N) is 2. The van der Waals surface area contributed by atoms with Gasteiger partial charge >= 0.3 is 0 Å². The lowest BCUT2D eigenvalue weighted by Crippen LogP contribution is -2.14. The summed E-state index contributed by atoms with van der Waals surface area (Å²) in [5.41, 5.74) is 1.84. The molecule has 0 unspecified atom stereocenters. The van der Waals surface area contributed by atoms with Crippen LogP contribution in [0.25, 0.3) is 21.8 Å². The standard InChI is InChI=1S/C19H20N6O/c26-11-10-25-19-16(12-24-25)18(22-13-23-19)21-9-8-20-17-7-3-5-14-4-1-2-6-15(14)17/h1-7,12-13,20,26H,8-11H2,(H,21,22,23). The largest absolute Gasteiger partial charge is 0.394 e. The maximum absolute atomic E-state index is 9.10. The van der Waals surface area contributed by atoms with Gasteiger partial charge in [-0.2, -0.15) is 5.10 Å². The summed E-state index contributed by atoms with van der Waals surface area (Å²) < 4.78 is 1.68. The summed E-state index contributed by atoms with van der Waals surface area (Å²) in [5, 5.41) is 23.4. The normalized spacial score (nSPS) is 11.1. The Hall–Kier alpha value is -3.19. The van der Waals surface area contributed by atoms with Crippen LogP contribution in [-0.4, -0.2) is 44.6 Å². The van der Waals surface area contributed by atoms with Crippen LogP contribution in [0.3, 0.4) is 0 Å². The lowest BCUT2D eigenvalue weighted by Gasteiger charge is -2.11. The van der Waals surface area contributed by atoms with E-state index < -0.39 is 0 Å². The van der Waals surface area contributed by atoms with Gasteiger partial charge in [-0.15, -0.1) is 0 Å². The third-order valence-electron chi connectivity index (χ3n) is 4.27. The molecule has 7 heteroatoms. The zero-order valence-electron chi connectivity index (χ0n) is 14.3. The third kappa shape index (κ3) is 3.16. The second-order valence-electron chi connectivity index (χ2n) is 5.93. The Kier molecular flexibility index (Phi) is 4.61. The average Bonchev–Trinajstić information content (AvgIpc) is 3.09. The van der Waals surface area contributed by atoms with Crippen LogP contribution in [-0.2, 0) is 6.54 Å². The molecule has 0 atom stereocenters. The average molecular weight is 348 g/mol. The van der Waals surface area contributed by atoms with Gasteiger partial charge in [-0.1, -0.05) is 36.4 Å². The number of fused-ring (bicyclic) bond motifs is 2. The van der Waals surface area contributed by atoms with Gasteiger partial charge in [0, 0.05) is 24.2 Å². The van der Waals surface area contributed by atoms with Gasteiger partial charge in [0.05, 0.1) is 24.7 Å². The molecule has 0 amide bonds. The van der Waals surface area contributed by atoms with E-state index in [0.717, 1.165) is 29.1 Å². The van der Waals surface area contributed by atoms with Gasteiger partial charge in [-0.25, -0.2) is 14.6 Å². The van der Waals surface area contributed by atoms with Crippen molar-refractivity contribution in [3.8, 4) is 0 Å². The fourth-order valence-electron chi connectivity index (χ4n) is 3.05. The monoisotopic (exact) mass is 348 g/mol. The van der Waals surface area contributed by atoms with E-state index in [2.05, 4.69) is 56.0 Å². The fraction of sp³-hybridized carbons (Fsp3) is 0.211. The van der Waals surface area contributed by atoms with Crippen molar-refractivity contribution >= 4 is 33.3 Å². The van der Waals surface area contributed by atoms with E-state index in [1.54, 1.807) is 10.9 Å². The highest BCUT2D eigenvalue weighted by atomic mass is 16.3. The zero-order valence-corrected chi connectivity index (χ0v) is 14.3. The number of nitrogens with zero attached hydrogens (tertiary/aromatic N) is 4. The molecule has 0 aliphatic heterocycles. The molecule has 0 fully saturated rings. The Morgan fingerprint density at radius 3 is 2.69 bits per heavy atom. The Labute approximate surface area is 150 Å². The summed E-state index contributed by atoms with van der Waals surface area (Å²) in [6.07, 6.45) is 3.24. The minimum absolute atomic E-state index is 0.0263. The summed E-state index contributed by atoms with van der Waals surface area (Å²) in [7, 11) is 0. The van der Waals surface area contributed by atoms with Gasteiger partial charge in [0.2, 0.25) is 0 Å².